The number of nitrogens with one attached hydrogen (secondary N) is 2. The van der Waals surface area contributed by atoms with E-state index in [0.29, 0.717) is 11.4 Å². The van der Waals surface area contributed by atoms with Crippen LogP contribution in [-0.4, -0.2) is 25.0 Å². The number of aryl methyl sites for hydroxylation is 1. The molecule has 0 aliphatic heterocycles. The Morgan fingerprint density at radius 3 is 2.43 bits per heavy atom. The van der Waals surface area contributed by atoms with Crippen molar-refractivity contribution in [2.75, 3.05) is 18.5 Å². The van der Waals surface area contributed by atoms with Gasteiger partial charge in [0, 0.05) is 5.69 Å². The smallest absolute Gasteiger partial charge is 0.250 e. The van der Waals surface area contributed by atoms with Crippen molar-refractivity contribution in [1.82, 2.24) is 5.32 Å². The lowest BCUT2D eigenvalue weighted by Crippen LogP contribution is -2.29. The molecule has 2 rings (SSSR count). The lowest BCUT2D eigenvalue weighted by atomic mass is 10.3. The molecule has 1 aromatic carbocycles. The summed E-state index contributed by atoms with van der Waals surface area (Å²) < 4.78 is 23.0. The quantitative estimate of drug-likeness (QED) is 0.817. The first kappa shape index (κ1) is 16.7. The molecular formula is C16H17FN2O4. The molecule has 23 heavy (non-hydrogen) atoms. The highest BCUT2D eigenvalue weighted by Crippen LogP contribution is 2.08. The third kappa shape index (κ3) is 5.91. The van der Waals surface area contributed by atoms with Gasteiger partial charge in [-0.1, -0.05) is 0 Å². The summed E-state index contributed by atoms with van der Waals surface area (Å²) in [5.41, 5.74) is 0.456. The molecule has 0 aliphatic rings. The van der Waals surface area contributed by atoms with Crippen LogP contribution in [0.4, 0.5) is 10.1 Å². The number of halogens is 1. The molecule has 1 heterocycles. The molecule has 0 unspecified atom stereocenters. The Labute approximate surface area is 132 Å². The zero-order valence-electron chi connectivity index (χ0n) is 12.6. The minimum absolute atomic E-state index is 0.240. The fraction of sp³-hybridized carbons (Fsp3) is 0.250. The number of amides is 2. The van der Waals surface area contributed by atoms with Gasteiger partial charge in [0.2, 0.25) is 11.8 Å². The molecule has 2 N–H and O–H groups in total. The average Bonchev–Trinajstić information content (AvgIpc) is 2.93. The maximum absolute atomic E-state index is 12.7. The van der Waals surface area contributed by atoms with Gasteiger partial charge in [-0.2, -0.15) is 0 Å². The molecule has 0 saturated carbocycles. The number of hydrogen-bond acceptors (Lipinski definition) is 4. The molecule has 6 nitrogen and oxygen atoms in total. The number of ether oxygens (including phenoxy) is 1. The second-order valence-electron chi connectivity index (χ2n) is 4.84. The fourth-order valence-electron chi connectivity index (χ4n) is 1.78. The van der Waals surface area contributed by atoms with Crippen molar-refractivity contribution < 1.29 is 23.1 Å². The molecule has 122 valence electrons. The van der Waals surface area contributed by atoms with Crippen LogP contribution < -0.4 is 10.6 Å². The summed E-state index contributed by atoms with van der Waals surface area (Å²) in [6.45, 7) is 1.56. The van der Waals surface area contributed by atoms with Gasteiger partial charge in [-0.15, -0.1) is 0 Å². The van der Waals surface area contributed by atoms with E-state index in [-0.39, 0.29) is 31.5 Å². The van der Waals surface area contributed by atoms with Crippen LogP contribution in [0, 0.1) is 12.7 Å². The van der Waals surface area contributed by atoms with E-state index in [2.05, 4.69) is 10.6 Å². The van der Waals surface area contributed by atoms with Gasteiger partial charge >= 0.3 is 0 Å². The third-order valence-corrected chi connectivity index (χ3v) is 2.85. The summed E-state index contributed by atoms with van der Waals surface area (Å²) in [5, 5.41) is 5.14. The maximum atomic E-state index is 12.7. The number of carbonyl (C=O) groups is 2. The Balaban J connectivity index is 1.62. The Morgan fingerprint density at radius 1 is 1.09 bits per heavy atom. The van der Waals surface area contributed by atoms with Gasteiger partial charge in [0.05, 0.1) is 6.54 Å². The van der Waals surface area contributed by atoms with Gasteiger partial charge in [0.15, 0.2) is 0 Å². The van der Waals surface area contributed by atoms with Crippen molar-refractivity contribution in [2.45, 2.75) is 13.5 Å². The van der Waals surface area contributed by atoms with Crippen LogP contribution in [-0.2, 0) is 20.9 Å². The number of hydrogen-bond donors (Lipinski definition) is 2. The summed E-state index contributed by atoms with van der Waals surface area (Å²) in [6, 6.07) is 8.92. The topological polar surface area (TPSA) is 80.6 Å². The summed E-state index contributed by atoms with van der Waals surface area (Å²) in [5.74, 6) is 0.246. The number of furan rings is 1. The van der Waals surface area contributed by atoms with Gasteiger partial charge < -0.3 is 19.8 Å². The number of anilines is 1. The van der Waals surface area contributed by atoms with E-state index in [1.165, 1.54) is 24.3 Å². The molecule has 0 spiro atoms. The zero-order valence-corrected chi connectivity index (χ0v) is 12.6. The van der Waals surface area contributed by atoms with Gasteiger partial charge in [0.25, 0.3) is 0 Å². The number of benzene rings is 1. The lowest BCUT2D eigenvalue weighted by Gasteiger charge is -2.06. The van der Waals surface area contributed by atoms with Gasteiger partial charge in [-0.05, 0) is 43.3 Å². The molecular weight excluding hydrogens is 303 g/mol. The van der Waals surface area contributed by atoms with Crippen LogP contribution in [0.1, 0.15) is 11.5 Å². The molecule has 0 aliphatic carbocycles. The highest BCUT2D eigenvalue weighted by atomic mass is 19.1. The molecule has 1 aromatic heterocycles. The van der Waals surface area contributed by atoms with Gasteiger partial charge in [0.1, 0.15) is 30.6 Å². The van der Waals surface area contributed by atoms with Gasteiger partial charge in [-0.3, -0.25) is 9.59 Å². The summed E-state index contributed by atoms with van der Waals surface area (Å²) in [6.07, 6.45) is 0. The SMILES string of the molecule is Cc1ccc(CNC(=O)COCC(=O)Nc2ccc(F)cc2)o1. The minimum atomic E-state index is -0.425. The third-order valence-electron chi connectivity index (χ3n) is 2.85. The largest absolute Gasteiger partial charge is 0.465 e. The first-order valence-corrected chi connectivity index (χ1v) is 6.98. The number of rotatable bonds is 7. The standard InChI is InChI=1S/C16H17FN2O4/c1-11-2-7-14(23-11)8-18-15(20)9-22-10-16(21)19-13-5-3-12(17)4-6-13/h2-7H,8-10H2,1H3,(H,18,20)(H,19,21). The van der Waals surface area contributed by atoms with Crippen LogP contribution in [0.2, 0.25) is 0 Å². The van der Waals surface area contributed by atoms with Gasteiger partial charge in [-0.25, -0.2) is 4.39 Å². The van der Waals surface area contributed by atoms with E-state index in [9.17, 15) is 14.0 Å². The van der Waals surface area contributed by atoms with E-state index in [1.807, 2.05) is 6.92 Å². The van der Waals surface area contributed by atoms with Crippen molar-refractivity contribution in [1.29, 1.82) is 0 Å². The predicted molar refractivity (Wildman–Crippen MR) is 81.1 cm³/mol. The Morgan fingerprint density at radius 2 is 1.78 bits per heavy atom. The maximum Gasteiger partial charge on any atom is 0.250 e. The van der Waals surface area contributed by atoms with Crippen LogP contribution in [0.25, 0.3) is 0 Å². The molecule has 0 saturated heterocycles. The van der Waals surface area contributed by atoms with Crippen LogP contribution in [0.5, 0.6) is 0 Å². The molecule has 0 fully saturated rings. The Hall–Kier alpha value is -2.67. The zero-order chi connectivity index (χ0) is 16.7. The monoisotopic (exact) mass is 320 g/mol. The Bertz CT molecular complexity index is 667. The molecule has 2 aromatic rings. The predicted octanol–water partition coefficient (Wildman–Crippen LogP) is 2.00. The first-order chi connectivity index (χ1) is 11.0. The van der Waals surface area contributed by atoms with E-state index < -0.39 is 5.91 Å². The highest BCUT2D eigenvalue weighted by Gasteiger charge is 2.07. The van der Waals surface area contributed by atoms with Crippen molar-refractivity contribution in [3.05, 3.63) is 53.7 Å². The van der Waals surface area contributed by atoms with Crippen molar-refractivity contribution in [3.63, 3.8) is 0 Å². The molecule has 2 amide bonds. The molecule has 0 radical (unpaired) electrons. The molecule has 0 bridgehead atoms. The normalized spacial score (nSPS) is 10.3. The van der Waals surface area contributed by atoms with Crippen LogP contribution in [0.3, 0.4) is 0 Å². The Kier molecular flexibility index (Phi) is 5.87. The highest BCUT2D eigenvalue weighted by molar-refractivity contribution is 5.91. The van der Waals surface area contributed by atoms with E-state index in [4.69, 9.17) is 9.15 Å². The van der Waals surface area contributed by atoms with E-state index in [0.717, 1.165) is 5.76 Å². The van der Waals surface area contributed by atoms with E-state index >= 15 is 0 Å². The minimum Gasteiger partial charge on any atom is -0.465 e. The van der Waals surface area contributed by atoms with Crippen molar-refractivity contribution in [2.24, 2.45) is 0 Å². The summed E-state index contributed by atoms with van der Waals surface area (Å²) in [4.78, 5) is 23.1. The molecule has 0 atom stereocenters. The van der Waals surface area contributed by atoms with Crippen LogP contribution in [0.15, 0.2) is 40.8 Å². The lowest BCUT2D eigenvalue weighted by molar-refractivity contribution is -0.128. The first-order valence-electron chi connectivity index (χ1n) is 6.98. The fourth-order valence-corrected chi connectivity index (χ4v) is 1.78. The average molecular weight is 320 g/mol. The van der Waals surface area contributed by atoms with E-state index in [1.54, 1.807) is 12.1 Å². The summed E-state index contributed by atoms with van der Waals surface area (Å²) in [7, 11) is 0. The second-order valence-corrected chi connectivity index (χ2v) is 4.84. The number of carbonyl (C=O) groups excluding carboxylic acids is 2. The summed E-state index contributed by atoms with van der Waals surface area (Å²) >= 11 is 0. The second kappa shape index (κ2) is 8.09. The van der Waals surface area contributed by atoms with Crippen molar-refractivity contribution in [3.8, 4) is 0 Å². The van der Waals surface area contributed by atoms with Crippen molar-refractivity contribution >= 4 is 17.5 Å². The van der Waals surface area contributed by atoms with Crippen LogP contribution >= 0.6 is 0 Å². The molecule has 7 heteroatoms.